The molecule has 0 spiro atoms. The topological polar surface area (TPSA) is 111 Å². The molecule has 0 aliphatic heterocycles. The zero-order chi connectivity index (χ0) is 19.1. The van der Waals surface area contributed by atoms with Crippen LogP contribution < -0.4 is 11.5 Å². The van der Waals surface area contributed by atoms with Crippen LogP contribution in [0, 0.1) is 6.92 Å². The Morgan fingerprint density at radius 3 is 2.50 bits per heavy atom. The van der Waals surface area contributed by atoms with Gasteiger partial charge in [0.05, 0.1) is 28.2 Å². The summed E-state index contributed by atoms with van der Waals surface area (Å²) in [7, 11) is 0. The highest BCUT2D eigenvalue weighted by molar-refractivity contribution is 6.01. The fourth-order valence-corrected chi connectivity index (χ4v) is 2.59. The van der Waals surface area contributed by atoms with E-state index >= 15 is 0 Å². The molecule has 0 fully saturated rings. The molecule has 6 nitrogen and oxygen atoms in total. The number of hydrogen-bond donors (Lipinski definition) is 3. The van der Waals surface area contributed by atoms with Crippen LogP contribution >= 0.6 is 0 Å². The summed E-state index contributed by atoms with van der Waals surface area (Å²) in [5, 5.41) is 0. The van der Waals surface area contributed by atoms with Gasteiger partial charge in [0.15, 0.2) is 0 Å². The first kappa shape index (κ1) is 17.5. The van der Waals surface area contributed by atoms with E-state index in [1.165, 1.54) is 24.5 Å². The Kier molecular flexibility index (Phi) is 4.15. The molecule has 0 atom stereocenters. The summed E-state index contributed by atoms with van der Waals surface area (Å²) in [6, 6.07) is 6.20. The Morgan fingerprint density at radius 2 is 1.88 bits per heavy atom. The van der Waals surface area contributed by atoms with Crippen molar-refractivity contribution in [3.63, 3.8) is 0 Å². The van der Waals surface area contributed by atoms with Gasteiger partial charge in [0.1, 0.15) is 12.1 Å². The van der Waals surface area contributed by atoms with Gasteiger partial charge in [-0.05, 0) is 30.7 Å². The summed E-state index contributed by atoms with van der Waals surface area (Å²) < 4.78 is 39.2. The number of aryl methyl sites for hydroxylation is 1. The van der Waals surface area contributed by atoms with Crippen molar-refractivity contribution in [1.29, 1.82) is 0 Å². The molecule has 1 aromatic carbocycles. The zero-order valence-corrected chi connectivity index (χ0v) is 13.6. The first-order valence-corrected chi connectivity index (χ1v) is 7.45. The number of carbonyl (C=O) groups is 1. The molecule has 0 bridgehead atoms. The number of carbonyl (C=O) groups excluding carboxylic acids is 1. The lowest BCUT2D eigenvalue weighted by atomic mass is 9.99. The van der Waals surface area contributed by atoms with E-state index in [4.69, 9.17) is 11.5 Å². The standard InChI is InChI=1S/C17H14F3N5O/c1-8-2-3-9(17(18,19)20)4-10(8)15-11(16(22)26)5-13(25-15)12-6-14(21)24-7-23-12/h2-7,25H,1H3,(H2,22,26)(H2,21,23,24). The number of nitrogens with two attached hydrogens (primary N) is 2. The molecule has 2 aromatic heterocycles. The molecule has 9 heteroatoms. The number of nitrogens with zero attached hydrogens (tertiary/aromatic N) is 2. The third-order valence-electron chi connectivity index (χ3n) is 3.88. The number of rotatable bonds is 3. The number of nitrogen functional groups attached to an aromatic ring is 1. The van der Waals surface area contributed by atoms with Crippen LogP contribution in [0.3, 0.4) is 0 Å². The second-order valence-electron chi connectivity index (χ2n) is 5.69. The number of amides is 1. The summed E-state index contributed by atoms with van der Waals surface area (Å²) in [5.41, 5.74) is 12.0. The van der Waals surface area contributed by atoms with Crippen molar-refractivity contribution in [3.8, 4) is 22.6 Å². The predicted octanol–water partition coefficient (Wildman–Crippen LogP) is 3.15. The van der Waals surface area contributed by atoms with Crippen LogP contribution in [0.1, 0.15) is 21.5 Å². The summed E-state index contributed by atoms with van der Waals surface area (Å²) in [6.45, 7) is 1.64. The monoisotopic (exact) mass is 361 g/mol. The van der Waals surface area contributed by atoms with E-state index in [0.29, 0.717) is 17.0 Å². The van der Waals surface area contributed by atoms with Gasteiger partial charge < -0.3 is 16.5 Å². The van der Waals surface area contributed by atoms with Gasteiger partial charge in [-0.15, -0.1) is 0 Å². The SMILES string of the molecule is Cc1ccc(C(F)(F)F)cc1-c1[nH]c(-c2cc(N)ncn2)cc1C(N)=O. The largest absolute Gasteiger partial charge is 0.416 e. The van der Waals surface area contributed by atoms with E-state index in [1.54, 1.807) is 6.92 Å². The van der Waals surface area contributed by atoms with Crippen LogP contribution in [-0.2, 0) is 6.18 Å². The molecule has 0 radical (unpaired) electrons. The molecule has 1 amide bonds. The quantitative estimate of drug-likeness (QED) is 0.665. The molecular formula is C17H14F3N5O. The van der Waals surface area contributed by atoms with Crippen molar-refractivity contribution in [3.05, 3.63) is 53.3 Å². The number of nitrogens with one attached hydrogen (secondary N) is 1. The maximum Gasteiger partial charge on any atom is 0.416 e. The van der Waals surface area contributed by atoms with Gasteiger partial charge in [-0.2, -0.15) is 13.2 Å². The molecule has 3 rings (SSSR count). The first-order chi connectivity index (χ1) is 12.2. The van der Waals surface area contributed by atoms with Crippen LogP contribution in [0.5, 0.6) is 0 Å². The average Bonchev–Trinajstić information content (AvgIpc) is 2.99. The minimum Gasteiger partial charge on any atom is -0.384 e. The summed E-state index contributed by atoms with van der Waals surface area (Å²) in [4.78, 5) is 22.6. The normalized spacial score (nSPS) is 11.5. The summed E-state index contributed by atoms with van der Waals surface area (Å²) >= 11 is 0. The maximum absolute atomic E-state index is 13.1. The van der Waals surface area contributed by atoms with Crippen molar-refractivity contribution in [2.24, 2.45) is 5.73 Å². The molecule has 0 unspecified atom stereocenters. The Labute approximate surface area is 146 Å². The number of H-pyrrole nitrogens is 1. The highest BCUT2D eigenvalue weighted by atomic mass is 19.4. The van der Waals surface area contributed by atoms with Crippen LogP contribution in [-0.4, -0.2) is 20.9 Å². The molecule has 5 N–H and O–H groups in total. The third-order valence-corrected chi connectivity index (χ3v) is 3.88. The second-order valence-corrected chi connectivity index (χ2v) is 5.69. The number of alkyl halides is 3. The predicted molar refractivity (Wildman–Crippen MR) is 89.9 cm³/mol. The number of hydrogen-bond acceptors (Lipinski definition) is 4. The number of halogens is 3. The van der Waals surface area contributed by atoms with Crippen molar-refractivity contribution < 1.29 is 18.0 Å². The fourth-order valence-electron chi connectivity index (χ4n) is 2.59. The van der Waals surface area contributed by atoms with Crippen LogP contribution in [0.2, 0.25) is 0 Å². The molecule has 3 aromatic rings. The minimum atomic E-state index is -4.51. The molecule has 2 heterocycles. The Balaban J connectivity index is 2.21. The Morgan fingerprint density at radius 1 is 1.15 bits per heavy atom. The van der Waals surface area contributed by atoms with Gasteiger partial charge >= 0.3 is 6.18 Å². The number of aromatic amines is 1. The zero-order valence-electron chi connectivity index (χ0n) is 13.6. The van der Waals surface area contributed by atoms with E-state index in [0.717, 1.165) is 12.1 Å². The average molecular weight is 361 g/mol. The summed E-state index contributed by atoms with van der Waals surface area (Å²) in [5.74, 6) is -0.566. The van der Waals surface area contributed by atoms with E-state index in [-0.39, 0.29) is 22.6 Å². The lowest BCUT2D eigenvalue weighted by molar-refractivity contribution is -0.137. The van der Waals surface area contributed by atoms with Crippen molar-refractivity contribution in [2.75, 3.05) is 5.73 Å². The smallest absolute Gasteiger partial charge is 0.384 e. The van der Waals surface area contributed by atoms with Crippen LogP contribution in [0.25, 0.3) is 22.6 Å². The Bertz CT molecular complexity index is 994. The van der Waals surface area contributed by atoms with Crippen molar-refractivity contribution in [1.82, 2.24) is 15.0 Å². The highest BCUT2D eigenvalue weighted by Crippen LogP contribution is 2.36. The van der Waals surface area contributed by atoms with Gasteiger partial charge in [0, 0.05) is 11.6 Å². The molecule has 26 heavy (non-hydrogen) atoms. The van der Waals surface area contributed by atoms with Gasteiger partial charge in [-0.25, -0.2) is 9.97 Å². The molecule has 134 valence electrons. The molecule has 0 saturated heterocycles. The van der Waals surface area contributed by atoms with Gasteiger partial charge in [0.2, 0.25) is 0 Å². The Hall–Kier alpha value is -3.36. The van der Waals surface area contributed by atoms with Crippen LogP contribution in [0.4, 0.5) is 19.0 Å². The molecule has 0 aliphatic carbocycles. The van der Waals surface area contributed by atoms with E-state index in [1.807, 2.05) is 0 Å². The highest BCUT2D eigenvalue weighted by Gasteiger charge is 2.31. The van der Waals surface area contributed by atoms with Gasteiger partial charge in [0.25, 0.3) is 5.91 Å². The van der Waals surface area contributed by atoms with Crippen molar-refractivity contribution in [2.45, 2.75) is 13.1 Å². The maximum atomic E-state index is 13.1. The fraction of sp³-hybridized carbons (Fsp3) is 0.118. The lowest BCUT2D eigenvalue weighted by Crippen LogP contribution is -2.11. The third kappa shape index (κ3) is 3.23. The van der Waals surface area contributed by atoms with Crippen molar-refractivity contribution >= 4 is 11.7 Å². The van der Waals surface area contributed by atoms with Gasteiger partial charge in [-0.1, -0.05) is 6.07 Å². The number of aromatic nitrogens is 3. The number of benzene rings is 1. The number of primary amides is 1. The molecular weight excluding hydrogens is 347 g/mol. The molecule has 0 saturated carbocycles. The first-order valence-electron chi connectivity index (χ1n) is 7.45. The second kappa shape index (κ2) is 6.17. The van der Waals surface area contributed by atoms with E-state index in [9.17, 15) is 18.0 Å². The van der Waals surface area contributed by atoms with Gasteiger partial charge in [-0.3, -0.25) is 4.79 Å². The van der Waals surface area contributed by atoms with Crippen LogP contribution in [0.15, 0.2) is 36.7 Å². The minimum absolute atomic E-state index is 0.0552. The number of anilines is 1. The van der Waals surface area contributed by atoms with E-state index in [2.05, 4.69) is 15.0 Å². The lowest BCUT2D eigenvalue weighted by Gasteiger charge is -2.11. The van der Waals surface area contributed by atoms with E-state index < -0.39 is 17.6 Å². The molecule has 0 aliphatic rings. The summed E-state index contributed by atoms with van der Waals surface area (Å²) in [6.07, 6.45) is -3.27.